The predicted octanol–water partition coefficient (Wildman–Crippen LogP) is -0.636. The van der Waals surface area contributed by atoms with Gasteiger partial charge in [-0.3, -0.25) is 0 Å². The maximum absolute atomic E-state index is 10.0. The third kappa shape index (κ3) is 2.41. The molecule has 0 aromatic carbocycles. The number of hydrogen-bond donors (Lipinski definition) is 2. The molecular formula is C4H9NO4. The number of carbonyl (C=O) groups is 1. The van der Waals surface area contributed by atoms with Crippen molar-refractivity contribution >= 4 is 5.97 Å². The summed E-state index contributed by atoms with van der Waals surface area (Å²) in [5, 5.41) is 17.2. The van der Waals surface area contributed by atoms with Gasteiger partial charge in [0.1, 0.15) is 0 Å². The van der Waals surface area contributed by atoms with Gasteiger partial charge >= 0.3 is 5.97 Å². The van der Waals surface area contributed by atoms with E-state index in [9.17, 15) is 4.79 Å². The molecule has 0 aliphatic rings. The summed E-state index contributed by atoms with van der Waals surface area (Å²) in [6.07, 6.45) is -1.27. The largest absolute Gasteiger partial charge is 0.478 e. The van der Waals surface area contributed by atoms with Gasteiger partial charge in [-0.25, -0.2) is 4.79 Å². The molecule has 0 saturated carbocycles. The number of hydroxylamine groups is 2. The molecule has 9 heavy (non-hydrogen) atoms. The van der Waals surface area contributed by atoms with E-state index in [1.54, 1.807) is 0 Å². The highest BCUT2D eigenvalue weighted by molar-refractivity contribution is 5.71. The van der Waals surface area contributed by atoms with Gasteiger partial charge in [0.05, 0.1) is 0 Å². The Balaban J connectivity index is 3.83. The lowest BCUT2D eigenvalue weighted by Crippen LogP contribution is -2.37. The first-order valence-corrected chi connectivity index (χ1v) is 2.27. The van der Waals surface area contributed by atoms with Crippen LogP contribution < -0.4 is 0 Å². The number of rotatable bonds is 3. The van der Waals surface area contributed by atoms with Crippen LogP contribution in [0.3, 0.4) is 0 Å². The van der Waals surface area contributed by atoms with Crippen LogP contribution in [0.15, 0.2) is 0 Å². The van der Waals surface area contributed by atoms with Crippen molar-refractivity contribution in [2.24, 2.45) is 0 Å². The monoisotopic (exact) mass is 135 g/mol. The molecule has 0 aliphatic heterocycles. The minimum absolute atomic E-state index is 0.475. The summed E-state index contributed by atoms with van der Waals surface area (Å²) in [7, 11) is 2.40. The zero-order valence-corrected chi connectivity index (χ0v) is 5.24. The molecule has 1 unspecified atom stereocenters. The highest BCUT2D eigenvalue weighted by atomic mass is 16.6. The molecule has 0 radical (unpaired) electrons. The van der Waals surface area contributed by atoms with Gasteiger partial charge in [0.2, 0.25) is 6.23 Å². The minimum Gasteiger partial charge on any atom is -0.478 e. The summed E-state index contributed by atoms with van der Waals surface area (Å²) < 4.78 is 4.35. The molecule has 0 aliphatic carbocycles. The van der Waals surface area contributed by atoms with Gasteiger partial charge in [0.15, 0.2) is 0 Å². The smallest absolute Gasteiger partial charge is 0.350 e. The SMILES string of the molecule is COC(C(=O)O)N(C)O. The molecular weight excluding hydrogens is 126 g/mol. The topological polar surface area (TPSA) is 70.0 Å². The Morgan fingerprint density at radius 1 is 1.78 bits per heavy atom. The molecule has 54 valence electrons. The second kappa shape index (κ2) is 3.39. The van der Waals surface area contributed by atoms with Crippen molar-refractivity contribution < 1.29 is 19.8 Å². The van der Waals surface area contributed by atoms with Crippen LogP contribution >= 0.6 is 0 Å². The van der Waals surface area contributed by atoms with Crippen molar-refractivity contribution in [3.05, 3.63) is 0 Å². The molecule has 0 fully saturated rings. The Labute approximate surface area is 52.4 Å². The van der Waals surface area contributed by atoms with E-state index in [2.05, 4.69) is 4.74 Å². The van der Waals surface area contributed by atoms with E-state index in [-0.39, 0.29) is 0 Å². The molecule has 0 rings (SSSR count). The molecule has 5 nitrogen and oxygen atoms in total. The summed E-state index contributed by atoms with van der Waals surface area (Å²) in [5.74, 6) is -1.22. The number of ether oxygens (including phenoxy) is 1. The molecule has 0 saturated heterocycles. The molecule has 0 aromatic rings. The number of carboxylic acids is 1. The Morgan fingerprint density at radius 2 is 2.22 bits per heavy atom. The number of hydrogen-bond acceptors (Lipinski definition) is 4. The number of nitrogens with zero attached hydrogens (tertiary/aromatic N) is 1. The molecule has 0 bridgehead atoms. The fourth-order valence-corrected chi connectivity index (χ4v) is 0.413. The number of likely N-dealkylation sites (N-methyl/N-ethyl adjacent to an activating group) is 1. The van der Waals surface area contributed by atoms with E-state index in [0.29, 0.717) is 5.06 Å². The van der Waals surface area contributed by atoms with E-state index in [1.165, 1.54) is 14.2 Å². The lowest BCUT2D eigenvalue weighted by atomic mass is 10.6. The lowest BCUT2D eigenvalue weighted by molar-refractivity contribution is -0.207. The molecule has 0 aromatic heterocycles. The average molecular weight is 135 g/mol. The van der Waals surface area contributed by atoms with Gasteiger partial charge in [0, 0.05) is 14.2 Å². The molecule has 0 spiro atoms. The summed E-state index contributed by atoms with van der Waals surface area (Å²) in [6, 6.07) is 0. The predicted molar refractivity (Wildman–Crippen MR) is 28.0 cm³/mol. The number of aliphatic carboxylic acids is 1. The van der Waals surface area contributed by atoms with Crippen LogP contribution in [0.1, 0.15) is 0 Å². The van der Waals surface area contributed by atoms with Gasteiger partial charge in [-0.2, -0.15) is 5.06 Å². The van der Waals surface area contributed by atoms with Gasteiger partial charge in [-0.05, 0) is 0 Å². The van der Waals surface area contributed by atoms with Crippen molar-refractivity contribution in [3.8, 4) is 0 Å². The molecule has 0 heterocycles. The van der Waals surface area contributed by atoms with Gasteiger partial charge in [0.25, 0.3) is 0 Å². The normalized spacial score (nSPS) is 13.8. The standard InChI is InChI=1S/C4H9NO4/c1-5(8)3(9-2)4(6)7/h3,8H,1-2H3,(H,6,7). The Bertz CT molecular complexity index is 103. The highest BCUT2D eigenvalue weighted by Crippen LogP contribution is 1.91. The van der Waals surface area contributed by atoms with E-state index < -0.39 is 12.2 Å². The zero-order chi connectivity index (χ0) is 7.44. The Kier molecular flexibility index (Phi) is 3.15. The van der Waals surface area contributed by atoms with Gasteiger partial charge < -0.3 is 15.1 Å². The van der Waals surface area contributed by atoms with Crippen molar-refractivity contribution in [2.45, 2.75) is 6.23 Å². The Morgan fingerprint density at radius 3 is 2.22 bits per heavy atom. The minimum atomic E-state index is -1.27. The second-order valence-electron chi connectivity index (χ2n) is 1.50. The molecule has 0 amide bonds. The molecule has 2 N–H and O–H groups in total. The number of carboxylic acid groups (broad SMARTS) is 1. The average Bonchev–Trinajstić information content (AvgIpc) is 1.64. The van der Waals surface area contributed by atoms with E-state index in [0.717, 1.165) is 0 Å². The third-order valence-corrected chi connectivity index (χ3v) is 0.774. The third-order valence-electron chi connectivity index (χ3n) is 0.774. The second-order valence-corrected chi connectivity index (χ2v) is 1.50. The van der Waals surface area contributed by atoms with Crippen LogP contribution in [-0.4, -0.2) is 41.7 Å². The maximum atomic E-state index is 10.0. The van der Waals surface area contributed by atoms with Crippen LogP contribution in [0.2, 0.25) is 0 Å². The fraction of sp³-hybridized carbons (Fsp3) is 0.750. The first-order valence-electron chi connectivity index (χ1n) is 2.27. The van der Waals surface area contributed by atoms with Crippen LogP contribution in [0.5, 0.6) is 0 Å². The first-order chi connectivity index (χ1) is 4.09. The molecule has 5 heteroatoms. The lowest BCUT2D eigenvalue weighted by Gasteiger charge is -2.15. The molecule has 1 atom stereocenters. The van der Waals surface area contributed by atoms with Crippen molar-refractivity contribution in [3.63, 3.8) is 0 Å². The first kappa shape index (κ1) is 8.35. The zero-order valence-electron chi connectivity index (χ0n) is 5.24. The fourth-order valence-electron chi connectivity index (χ4n) is 0.413. The van der Waals surface area contributed by atoms with Gasteiger partial charge in [-0.15, -0.1) is 0 Å². The number of methoxy groups -OCH3 is 1. The van der Waals surface area contributed by atoms with E-state index in [4.69, 9.17) is 10.3 Å². The van der Waals surface area contributed by atoms with Crippen LogP contribution in [0.4, 0.5) is 0 Å². The van der Waals surface area contributed by atoms with Crippen molar-refractivity contribution in [2.75, 3.05) is 14.2 Å². The van der Waals surface area contributed by atoms with Crippen LogP contribution in [0, 0.1) is 0 Å². The van der Waals surface area contributed by atoms with Crippen molar-refractivity contribution in [1.82, 2.24) is 5.06 Å². The maximum Gasteiger partial charge on any atom is 0.350 e. The Hall–Kier alpha value is -0.650. The van der Waals surface area contributed by atoms with Crippen LogP contribution in [0.25, 0.3) is 0 Å². The van der Waals surface area contributed by atoms with E-state index >= 15 is 0 Å². The highest BCUT2D eigenvalue weighted by Gasteiger charge is 2.19. The summed E-state index contributed by atoms with van der Waals surface area (Å²) in [5.41, 5.74) is 0. The summed E-state index contributed by atoms with van der Waals surface area (Å²) >= 11 is 0. The summed E-state index contributed by atoms with van der Waals surface area (Å²) in [4.78, 5) is 10.0. The quantitative estimate of drug-likeness (QED) is 0.398. The summed E-state index contributed by atoms with van der Waals surface area (Å²) in [6.45, 7) is 0. The van der Waals surface area contributed by atoms with Crippen molar-refractivity contribution in [1.29, 1.82) is 0 Å². The van der Waals surface area contributed by atoms with E-state index in [1.807, 2.05) is 0 Å². The van der Waals surface area contributed by atoms with Crippen LogP contribution in [-0.2, 0) is 9.53 Å². The van der Waals surface area contributed by atoms with Gasteiger partial charge in [-0.1, -0.05) is 0 Å².